The van der Waals surface area contributed by atoms with Gasteiger partial charge in [0.1, 0.15) is 5.75 Å². The van der Waals surface area contributed by atoms with Crippen molar-refractivity contribution in [3.05, 3.63) is 78.4 Å². The highest BCUT2D eigenvalue weighted by atomic mass is 16.5. The standard InChI is InChI=1S/C20H20N4O2/c1-2-26-19-7-5-17(6-8-19)24-18-10-16(13-22-14-18)20(25)23-12-15-4-3-9-21-11-15/h3-11,13-14,24H,2,12H2,1H3,(H,23,25). The molecule has 3 rings (SSSR count). The highest BCUT2D eigenvalue weighted by molar-refractivity contribution is 5.94. The summed E-state index contributed by atoms with van der Waals surface area (Å²) in [5.74, 6) is 0.636. The Bertz CT molecular complexity index is 851. The first-order chi connectivity index (χ1) is 12.7. The van der Waals surface area contributed by atoms with E-state index in [1.54, 1.807) is 30.9 Å². The molecule has 6 nitrogen and oxygen atoms in total. The highest BCUT2D eigenvalue weighted by Gasteiger charge is 2.07. The maximum Gasteiger partial charge on any atom is 0.253 e. The van der Waals surface area contributed by atoms with Crippen LogP contribution in [0.15, 0.2) is 67.3 Å². The van der Waals surface area contributed by atoms with E-state index in [2.05, 4.69) is 20.6 Å². The molecule has 0 unspecified atom stereocenters. The van der Waals surface area contributed by atoms with Crippen molar-refractivity contribution >= 4 is 17.3 Å². The van der Waals surface area contributed by atoms with Gasteiger partial charge in [-0.3, -0.25) is 14.8 Å². The van der Waals surface area contributed by atoms with Crippen LogP contribution in [0.4, 0.5) is 11.4 Å². The van der Waals surface area contributed by atoms with Crippen LogP contribution in [0.3, 0.4) is 0 Å². The van der Waals surface area contributed by atoms with E-state index in [-0.39, 0.29) is 5.91 Å². The number of hydrogen-bond donors (Lipinski definition) is 2. The number of nitrogens with zero attached hydrogens (tertiary/aromatic N) is 2. The molecule has 0 bridgehead atoms. The summed E-state index contributed by atoms with van der Waals surface area (Å²) in [5, 5.41) is 6.10. The Morgan fingerprint density at radius 1 is 1.04 bits per heavy atom. The van der Waals surface area contributed by atoms with Gasteiger partial charge in [-0.1, -0.05) is 6.07 Å². The first-order valence-electron chi connectivity index (χ1n) is 8.36. The van der Waals surface area contributed by atoms with Crippen LogP contribution < -0.4 is 15.4 Å². The number of rotatable bonds is 7. The van der Waals surface area contributed by atoms with Gasteiger partial charge in [0.05, 0.1) is 24.1 Å². The summed E-state index contributed by atoms with van der Waals surface area (Å²) in [5.41, 5.74) is 3.06. The molecule has 0 spiro atoms. The Labute approximate surface area is 152 Å². The molecule has 0 saturated heterocycles. The normalized spacial score (nSPS) is 10.2. The summed E-state index contributed by atoms with van der Waals surface area (Å²) < 4.78 is 5.43. The van der Waals surface area contributed by atoms with Crippen molar-refractivity contribution in [3.8, 4) is 5.75 Å². The second kappa shape index (κ2) is 8.62. The van der Waals surface area contributed by atoms with Crippen LogP contribution in [-0.2, 0) is 6.54 Å². The van der Waals surface area contributed by atoms with E-state index in [1.165, 1.54) is 0 Å². The van der Waals surface area contributed by atoms with Crippen molar-refractivity contribution < 1.29 is 9.53 Å². The van der Waals surface area contributed by atoms with Crippen LogP contribution in [-0.4, -0.2) is 22.5 Å². The third-order valence-corrected chi connectivity index (χ3v) is 3.63. The Morgan fingerprint density at radius 3 is 2.62 bits per heavy atom. The number of carbonyl (C=O) groups is 1. The fourth-order valence-corrected chi connectivity index (χ4v) is 2.39. The third-order valence-electron chi connectivity index (χ3n) is 3.63. The van der Waals surface area contributed by atoms with Gasteiger partial charge in [0.2, 0.25) is 0 Å². The molecule has 132 valence electrons. The number of nitrogens with one attached hydrogen (secondary N) is 2. The fourth-order valence-electron chi connectivity index (χ4n) is 2.39. The first-order valence-corrected chi connectivity index (χ1v) is 8.36. The lowest BCUT2D eigenvalue weighted by Gasteiger charge is -2.09. The van der Waals surface area contributed by atoms with Gasteiger partial charge in [0.25, 0.3) is 5.91 Å². The SMILES string of the molecule is CCOc1ccc(Nc2cncc(C(=O)NCc3cccnc3)c2)cc1. The molecule has 0 saturated carbocycles. The van der Waals surface area contributed by atoms with E-state index in [1.807, 2.05) is 43.3 Å². The highest BCUT2D eigenvalue weighted by Crippen LogP contribution is 2.20. The van der Waals surface area contributed by atoms with Crippen molar-refractivity contribution in [3.63, 3.8) is 0 Å². The van der Waals surface area contributed by atoms with Gasteiger partial charge in [-0.15, -0.1) is 0 Å². The summed E-state index contributed by atoms with van der Waals surface area (Å²) >= 11 is 0. The summed E-state index contributed by atoms with van der Waals surface area (Å²) in [6.45, 7) is 3.00. The number of hydrogen-bond acceptors (Lipinski definition) is 5. The molecule has 6 heteroatoms. The zero-order valence-electron chi connectivity index (χ0n) is 14.5. The van der Waals surface area contributed by atoms with Crippen molar-refractivity contribution in [2.75, 3.05) is 11.9 Å². The number of pyridine rings is 2. The van der Waals surface area contributed by atoms with Crippen molar-refractivity contribution in [2.24, 2.45) is 0 Å². The minimum Gasteiger partial charge on any atom is -0.494 e. The lowest BCUT2D eigenvalue weighted by Crippen LogP contribution is -2.23. The van der Waals surface area contributed by atoms with Gasteiger partial charge in [-0.25, -0.2) is 0 Å². The minimum absolute atomic E-state index is 0.184. The molecular formula is C20H20N4O2. The number of amides is 1. The zero-order chi connectivity index (χ0) is 18.2. The van der Waals surface area contributed by atoms with Gasteiger partial charge in [-0.2, -0.15) is 0 Å². The molecule has 1 aromatic carbocycles. The maximum absolute atomic E-state index is 12.3. The predicted molar refractivity (Wildman–Crippen MR) is 101 cm³/mol. The molecule has 0 radical (unpaired) electrons. The Morgan fingerprint density at radius 2 is 1.88 bits per heavy atom. The van der Waals surface area contributed by atoms with Gasteiger partial charge in [0.15, 0.2) is 0 Å². The molecule has 2 aromatic heterocycles. The van der Waals surface area contributed by atoms with Crippen molar-refractivity contribution in [1.82, 2.24) is 15.3 Å². The van der Waals surface area contributed by atoms with Crippen LogP contribution in [0.25, 0.3) is 0 Å². The molecule has 2 N–H and O–H groups in total. The van der Waals surface area contributed by atoms with Crippen LogP contribution in [0.2, 0.25) is 0 Å². The van der Waals surface area contributed by atoms with Gasteiger partial charge >= 0.3 is 0 Å². The molecule has 0 aliphatic heterocycles. The van der Waals surface area contributed by atoms with Crippen LogP contribution in [0.1, 0.15) is 22.8 Å². The molecule has 0 aliphatic carbocycles. The summed E-state index contributed by atoms with van der Waals surface area (Å²) in [7, 11) is 0. The molecule has 2 heterocycles. The molecule has 0 atom stereocenters. The van der Waals surface area contributed by atoms with Gasteiger partial charge in [0, 0.05) is 30.8 Å². The van der Waals surface area contributed by atoms with E-state index >= 15 is 0 Å². The second-order valence-electron chi connectivity index (χ2n) is 5.59. The summed E-state index contributed by atoms with van der Waals surface area (Å²) in [6.07, 6.45) is 6.64. The lowest BCUT2D eigenvalue weighted by atomic mass is 10.2. The van der Waals surface area contributed by atoms with Gasteiger partial charge in [-0.05, 0) is 48.9 Å². The molecule has 0 fully saturated rings. The molecule has 26 heavy (non-hydrogen) atoms. The number of ether oxygens (including phenoxy) is 1. The third kappa shape index (κ3) is 4.80. The van der Waals surface area contributed by atoms with E-state index in [0.29, 0.717) is 18.7 Å². The van der Waals surface area contributed by atoms with E-state index in [4.69, 9.17) is 4.74 Å². The molecule has 3 aromatic rings. The minimum atomic E-state index is -0.184. The molecule has 0 aliphatic rings. The zero-order valence-corrected chi connectivity index (χ0v) is 14.5. The number of carbonyl (C=O) groups excluding carboxylic acids is 1. The summed E-state index contributed by atoms with van der Waals surface area (Å²) in [4.78, 5) is 20.5. The summed E-state index contributed by atoms with van der Waals surface area (Å²) in [6, 6.07) is 13.1. The molecule has 1 amide bonds. The van der Waals surface area contributed by atoms with E-state index in [0.717, 1.165) is 22.7 Å². The lowest BCUT2D eigenvalue weighted by molar-refractivity contribution is 0.0950. The van der Waals surface area contributed by atoms with Gasteiger partial charge < -0.3 is 15.4 Å². The average Bonchev–Trinajstić information content (AvgIpc) is 2.69. The average molecular weight is 348 g/mol. The number of anilines is 2. The monoisotopic (exact) mass is 348 g/mol. The number of benzene rings is 1. The Kier molecular flexibility index (Phi) is 5.77. The van der Waals surface area contributed by atoms with Crippen LogP contribution in [0, 0.1) is 0 Å². The molecular weight excluding hydrogens is 328 g/mol. The largest absolute Gasteiger partial charge is 0.494 e. The van der Waals surface area contributed by atoms with Crippen LogP contribution >= 0.6 is 0 Å². The van der Waals surface area contributed by atoms with Crippen LogP contribution in [0.5, 0.6) is 5.75 Å². The van der Waals surface area contributed by atoms with E-state index < -0.39 is 0 Å². The first kappa shape index (κ1) is 17.4. The smallest absolute Gasteiger partial charge is 0.253 e. The Balaban J connectivity index is 1.62. The second-order valence-corrected chi connectivity index (χ2v) is 5.59. The van der Waals surface area contributed by atoms with Crippen molar-refractivity contribution in [1.29, 1.82) is 0 Å². The fraction of sp³-hybridized carbons (Fsp3) is 0.150. The quantitative estimate of drug-likeness (QED) is 0.683. The Hall–Kier alpha value is -3.41. The maximum atomic E-state index is 12.3. The van der Waals surface area contributed by atoms with Crippen molar-refractivity contribution in [2.45, 2.75) is 13.5 Å². The topological polar surface area (TPSA) is 76.1 Å². The van der Waals surface area contributed by atoms with E-state index in [9.17, 15) is 4.79 Å². The number of aromatic nitrogens is 2. The predicted octanol–water partition coefficient (Wildman–Crippen LogP) is 3.55.